The van der Waals surface area contributed by atoms with Crippen LogP contribution in [0.2, 0.25) is 0 Å². The number of nitrogens with zero attached hydrogens (tertiary/aromatic N) is 4. The Morgan fingerprint density at radius 3 is 2.59 bits per heavy atom. The quantitative estimate of drug-likeness (QED) is 0.411. The molecule has 10 heteroatoms. The van der Waals surface area contributed by atoms with E-state index in [1.807, 2.05) is 43.0 Å². The van der Waals surface area contributed by atoms with Gasteiger partial charge in [-0.25, -0.2) is 4.79 Å². The number of aromatic nitrogens is 4. The van der Waals surface area contributed by atoms with Gasteiger partial charge in [0.1, 0.15) is 17.3 Å². The second-order valence-corrected chi connectivity index (χ2v) is 8.57. The van der Waals surface area contributed by atoms with Gasteiger partial charge in [-0.15, -0.1) is 0 Å². The van der Waals surface area contributed by atoms with Gasteiger partial charge in [-0.05, 0) is 49.9 Å². The highest BCUT2D eigenvalue weighted by Gasteiger charge is 2.22. The van der Waals surface area contributed by atoms with Crippen LogP contribution >= 0.6 is 0 Å². The van der Waals surface area contributed by atoms with Gasteiger partial charge in [0.05, 0.1) is 13.2 Å². The fourth-order valence-electron chi connectivity index (χ4n) is 3.57. The number of rotatable bonds is 12. The minimum absolute atomic E-state index is 0.150. The minimum Gasteiger partial charge on any atom is -0.494 e. The average Bonchev–Trinajstić information content (AvgIpc) is 3.26. The maximum Gasteiger partial charge on any atom is 0.330 e. The summed E-state index contributed by atoms with van der Waals surface area (Å²) in [7, 11) is 0. The third kappa shape index (κ3) is 6.06. The van der Waals surface area contributed by atoms with E-state index in [-0.39, 0.29) is 18.1 Å². The zero-order valence-corrected chi connectivity index (χ0v) is 20.3. The van der Waals surface area contributed by atoms with Crippen molar-refractivity contribution in [1.29, 1.82) is 0 Å². The molecule has 0 saturated carbocycles. The van der Waals surface area contributed by atoms with E-state index in [9.17, 15) is 9.59 Å². The predicted octanol–water partition coefficient (Wildman–Crippen LogP) is 3.42. The number of H-pyrrole nitrogens is 1. The van der Waals surface area contributed by atoms with Crippen LogP contribution in [0, 0.1) is 5.92 Å². The minimum atomic E-state index is -0.523. The van der Waals surface area contributed by atoms with Crippen LogP contribution in [0.1, 0.15) is 52.8 Å². The normalized spacial score (nSPS) is 11.2. The Morgan fingerprint density at radius 1 is 1.21 bits per heavy atom. The third-order valence-electron chi connectivity index (χ3n) is 5.46. The number of hydrogen-bond donors (Lipinski definition) is 2. The van der Waals surface area contributed by atoms with Crippen molar-refractivity contribution in [2.75, 3.05) is 23.8 Å². The van der Waals surface area contributed by atoms with Gasteiger partial charge in [-0.1, -0.05) is 32.3 Å². The molecular weight excluding hydrogens is 436 g/mol. The molecule has 0 atom stereocenters. The van der Waals surface area contributed by atoms with E-state index in [1.165, 1.54) is 4.57 Å². The Bertz CT molecular complexity index is 1180. The highest BCUT2D eigenvalue weighted by molar-refractivity contribution is 5.62. The van der Waals surface area contributed by atoms with E-state index >= 15 is 0 Å². The molecule has 0 unspecified atom stereocenters. The van der Waals surface area contributed by atoms with Crippen LogP contribution in [0.3, 0.4) is 0 Å². The molecule has 0 amide bonds. The topological polar surface area (TPSA) is 132 Å². The molecule has 184 valence electrons. The standard InChI is InChI=1S/C24H34N6O4/c1-5-7-13-30-21(25)20(23(31)27-24(30)32)29(14-12-16(3)4)15-19-26-22(28-34-19)17-8-10-18(11-9-17)33-6-2/h8-11,16H,5-7,12-15,25H2,1-4H3,(H,27,31,32). The first kappa shape index (κ1) is 25.1. The van der Waals surface area contributed by atoms with Gasteiger partial charge in [0.25, 0.3) is 5.56 Å². The second-order valence-electron chi connectivity index (χ2n) is 8.57. The van der Waals surface area contributed by atoms with Crippen molar-refractivity contribution in [3.63, 3.8) is 0 Å². The van der Waals surface area contributed by atoms with Gasteiger partial charge in [0, 0.05) is 18.7 Å². The number of benzene rings is 1. The number of nitrogen functional groups attached to an aromatic ring is 1. The Morgan fingerprint density at radius 2 is 1.94 bits per heavy atom. The maximum atomic E-state index is 12.8. The van der Waals surface area contributed by atoms with Crippen molar-refractivity contribution in [2.45, 2.75) is 60.0 Å². The van der Waals surface area contributed by atoms with Crippen LogP contribution in [0.5, 0.6) is 5.75 Å². The van der Waals surface area contributed by atoms with E-state index in [0.717, 1.165) is 30.6 Å². The lowest BCUT2D eigenvalue weighted by Gasteiger charge is -2.25. The fraction of sp³-hybridized carbons (Fsp3) is 0.500. The van der Waals surface area contributed by atoms with E-state index in [2.05, 4.69) is 29.0 Å². The number of nitrogens with two attached hydrogens (primary N) is 1. The first-order valence-corrected chi connectivity index (χ1v) is 11.8. The number of nitrogens with one attached hydrogen (secondary N) is 1. The van der Waals surface area contributed by atoms with Crippen molar-refractivity contribution in [1.82, 2.24) is 19.7 Å². The lowest BCUT2D eigenvalue weighted by Crippen LogP contribution is -2.39. The monoisotopic (exact) mass is 470 g/mol. The lowest BCUT2D eigenvalue weighted by atomic mass is 10.1. The van der Waals surface area contributed by atoms with Gasteiger partial charge in [0.15, 0.2) is 0 Å². The summed E-state index contributed by atoms with van der Waals surface area (Å²) < 4.78 is 12.4. The SMILES string of the molecule is CCCCn1c(N)c(N(CCC(C)C)Cc2nc(-c3ccc(OCC)cc3)no2)c(=O)[nH]c1=O. The molecule has 3 N–H and O–H groups in total. The smallest absolute Gasteiger partial charge is 0.330 e. The molecule has 10 nitrogen and oxygen atoms in total. The maximum absolute atomic E-state index is 12.8. The highest BCUT2D eigenvalue weighted by atomic mass is 16.5. The summed E-state index contributed by atoms with van der Waals surface area (Å²) in [5.41, 5.74) is 6.36. The Hall–Kier alpha value is -3.56. The molecular formula is C24H34N6O4. The molecule has 0 spiro atoms. The van der Waals surface area contributed by atoms with Crippen LogP contribution in [0.15, 0.2) is 38.4 Å². The molecule has 0 aliphatic heterocycles. The van der Waals surface area contributed by atoms with Crippen molar-refractivity contribution >= 4 is 11.5 Å². The molecule has 0 bridgehead atoms. The zero-order chi connectivity index (χ0) is 24.7. The summed E-state index contributed by atoms with van der Waals surface area (Å²) in [6.07, 6.45) is 2.48. The summed E-state index contributed by atoms with van der Waals surface area (Å²) in [6, 6.07) is 7.43. The van der Waals surface area contributed by atoms with Crippen LogP contribution in [-0.4, -0.2) is 32.8 Å². The van der Waals surface area contributed by atoms with E-state index in [1.54, 1.807) is 0 Å². The summed E-state index contributed by atoms with van der Waals surface area (Å²) in [5.74, 6) is 2.10. The summed E-state index contributed by atoms with van der Waals surface area (Å²) in [5, 5.41) is 4.10. The molecule has 0 aliphatic rings. The van der Waals surface area contributed by atoms with Crippen LogP contribution < -0.4 is 26.6 Å². The van der Waals surface area contributed by atoms with Gasteiger partial charge in [-0.2, -0.15) is 4.98 Å². The van der Waals surface area contributed by atoms with Crippen LogP contribution in [-0.2, 0) is 13.1 Å². The first-order valence-electron chi connectivity index (χ1n) is 11.8. The largest absolute Gasteiger partial charge is 0.494 e. The van der Waals surface area contributed by atoms with Crippen molar-refractivity contribution < 1.29 is 9.26 Å². The van der Waals surface area contributed by atoms with E-state index in [0.29, 0.717) is 37.3 Å². The first-order chi connectivity index (χ1) is 16.3. The fourth-order valence-corrected chi connectivity index (χ4v) is 3.57. The number of hydrogen-bond acceptors (Lipinski definition) is 8. The molecule has 0 fully saturated rings. The van der Waals surface area contributed by atoms with Crippen LogP contribution in [0.4, 0.5) is 11.5 Å². The summed E-state index contributed by atoms with van der Waals surface area (Å²) in [6.45, 7) is 9.92. The number of aromatic amines is 1. The van der Waals surface area contributed by atoms with Crippen LogP contribution in [0.25, 0.3) is 11.4 Å². The molecule has 2 aromatic heterocycles. The average molecular weight is 471 g/mol. The predicted molar refractivity (Wildman–Crippen MR) is 132 cm³/mol. The van der Waals surface area contributed by atoms with E-state index in [4.69, 9.17) is 15.0 Å². The molecule has 3 rings (SSSR count). The highest BCUT2D eigenvalue weighted by Crippen LogP contribution is 2.23. The third-order valence-corrected chi connectivity index (χ3v) is 5.46. The zero-order valence-electron chi connectivity index (χ0n) is 20.3. The van der Waals surface area contributed by atoms with E-state index < -0.39 is 11.2 Å². The van der Waals surface area contributed by atoms with Gasteiger partial charge < -0.3 is 19.9 Å². The molecule has 1 aromatic carbocycles. The molecule has 2 heterocycles. The molecule has 34 heavy (non-hydrogen) atoms. The molecule has 0 aliphatic carbocycles. The van der Waals surface area contributed by atoms with Crippen molar-refractivity contribution in [3.05, 3.63) is 51.0 Å². The Kier molecular flexibility index (Phi) is 8.50. The molecule has 0 radical (unpaired) electrons. The number of unbranched alkanes of at least 4 members (excludes halogenated alkanes) is 1. The number of anilines is 2. The lowest BCUT2D eigenvalue weighted by molar-refractivity contribution is 0.340. The van der Waals surface area contributed by atoms with Gasteiger partial charge >= 0.3 is 5.69 Å². The van der Waals surface area contributed by atoms with Gasteiger partial charge in [0.2, 0.25) is 11.7 Å². The van der Waals surface area contributed by atoms with Crippen molar-refractivity contribution in [3.8, 4) is 17.1 Å². The van der Waals surface area contributed by atoms with Gasteiger partial charge in [-0.3, -0.25) is 14.3 Å². The van der Waals surface area contributed by atoms with Crippen molar-refractivity contribution in [2.24, 2.45) is 5.92 Å². The Balaban J connectivity index is 1.91. The summed E-state index contributed by atoms with van der Waals surface area (Å²) >= 11 is 0. The molecule has 3 aromatic rings. The Labute approximate surface area is 198 Å². The second kappa shape index (κ2) is 11.5. The summed E-state index contributed by atoms with van der Waals surface area (Å²) in [4.78, 5) is 33.9. The number of ether oxygens (including phenoxy) is 1. The molecule has 0 saturated heterocycles.